The van der Waals surface area contributed by atoms with Gasteiger partial charge in [-0.15, -0.1) is 0 Å². The summed E-state index contributed by atoms with van der Waals surface area (Å²) in [5, 5.41) is 0. The first-order valence-corrected chi connectivity index (χ1v) is 10.8. The van der Waals surface area contributed by atoms with Crippen LogP contribution in [0.2, 0.25) is 0 Å². The molecule has 0 aromatic heterocycles. The standard InChI is InChI=1S/C24H32N2O4/c1-5-25(16-17(2)3)21(27)14-24(18-9-8-12-20(13-18)30-4)15-22(28)26(23(24)29)19-10-6-7-11-19/h8-9,12-13,19H,2,5-7,10-11,14-16H2,1,3-4H3/t24-/m0/s1. The van der Waals surface area contributed by atoms with Gasteiger partial charge in [0.2, 0.25) is 17.7 Å². The van der Waals surface area contributed by atoms with Crippen molar-refractivity contribution in [1.82, 2.24) is 9.80 Å². The first kappa shape index (κ1) is 22.1. The predicted octanol–water partition coefficient (Wildman–Crippen LogP) is 3.45. The van der Waals surface area contributed by atoms with Crippen molar-refractivity contribution >= 4 is 17.7 Å². The number of nitrogens with zero attached hydrogens (tertiary/aromatic N) is 2. The molecule has 1 heterocycles. The van der Waals surface area contributed by atoms with Crippen molar-refractivity contribution in [3.05, 3.63) is 42.0 Å². The van der Waals surface area contributed by atoms with E-state index in [4.69, 9.17) is 4.74 Å². The van der Waals surface area contributed by atoms with Crippen molar-refractivity contribution in [2.24, 2.45) is 0 Å². The predicted molar refractivity (Wildman–Crippen MR) is 115 cm³/mol. The van der Waals surface area contributed by atoms with Crippen LogP contribution >= 0.6 is 0 Å². The molecule has 162 valence electrons. The molecule has 30 heavy (non-hydrogen) atoms. The molecule has 6 nitrogen and oxygen atoms in total. The van der Waals surface area contributed by atoms with Gasteiger partial charge in [0.1, 0.15) is 5.75 Å². The molecule has 1 saturated heterocycles. The van der Waals surface area contributed by atoms with E-state index in [1.807, 2.05) is 26.0 Å². The summed E-state index contributed by atoms with van der Waals surface area (Å²) in [6.45, 7) is 8.65. The molecule has 2 fully saturated rings. The molecule has 0 spiro atoms. The van der Waals surface area contributed by atoms with Gasteiger partial charge in [0.25, 0.3) is 0 Å². The van der Waals surface area contributed by atoms with E-state index < -0.39 is 5.41 Å². The highest BCUT2D eigenvalue weighted by molar-refractivity contribution is 6.11. The normalized spacial score (nSPS) is 21.9. The Morgan fingerprint density at radius 2 is 2.00 bits per heavy atom. The number of hydrogen-bond donors (Lipinski definition) is 0. The van der Waals surface area contributed by atoms with E-state index in [-0.39, 0.29) is 36.6 Å². The highest BCUT2D eigenvalue weighted by Gasteiger charge is 2.56. The second-order valence-electron chi connectivity index (χ2n) is 8.54. The minimum atomic E-state index is -1.19. The monoisotopic (exact) mass is 412 g/mol. The van der Waals surface area contributed by atoms with Crippen LogP contribution in [0, 0.1) is 0 Å². The Labute approximate surface area is 178 Å². The number of carbonyl (C=O) groups is 3. The average molecular weight is 413 g/mol. The van der Waals surface area contributed by atoms with Gasteiger partial charge in [0.15, 0.2) is 0 Å². The van der Waals surface area contributed by atoms with E-state index in [1.54, 1.807) is 24.1 Å². The van der Waals surface area contributed by atoms with Crippen LogP contribution in [0.3, 0.4) is 0 Å². The lowest BCUT2D eigenvalue weighted by Gasteiger charge is -2.31. The second kappa shape index (κ2) is 9.02. The molecule has 0 radical (unpaired) electrons. The molecule has 2 aliphatic rings. The number of rotatable bonds is 8. The van der Waals surface area contributed by atoms with Gasteiger partial charge in [-0.1, -0.05) is 37.1 Å². The van der Waals surface area contributed by atoms with Crippen LogP contribution in [0.15, 0.2) is 36.4 Å². The minimum absolute atomic E-state index is 0.0197. The zero-order valence-corrected chi connectivity index (χ0v) is 18.3. The van der Waals surface area contributed by atoms with Gasteiger partial charge >= 0.3 is 0 Å². The van der Waals surface area contributed by atoms with E-state index in [0.29, 0.717) is 24.4 Å². The van der Waals surface area contributed by atoms with Gasteiger partial charge < -0.3 is 9.64 Å². The molecule has 0 unspecified atom stereocenters. The quantitative estimate of drug-likeness (QED) is 0.485. The van der Waals surface area contributed by atoms with Gasteiger partial charge in [-0.05, 0) is 44.4 Å². The van der Waals surface area contributed by atoms with Crippen LogP contribution in [0.25, 0.3) is 0 Å². The fraction of sp³-hybridized carbons (Fsp3) is 0.542. The molecule has 1 aliphatic carbocycles. The molecule has 3 rings (SSSR count). The van der Waals surface area contributed by atoms with Crippen LogP contribution in [-0.2, 0) is 19.8 Å². The topological polar surface area (TPSA) is 66.9 Å². The van der Waals surface area contributed by atoms with Crippen molar-refractivity contribution in [3.8, 4) is 5.75 Å². The molecule has 1 saturated carbocycles. The molecule has 0 bridgehead atoms. The number of imide groups is 1. The maximum Gasteiger partial charge on any atom is 0.241 e. The van der Waals surface area contributed by atoms with Crippen LogP contribution in [0.4, 0.5) is 0 Å². The summed E-state index contributed by atoms with van der Waals surface area (Å²) in [5.74, 6) is 0.0452. The third kappa shape index (κ3) is 4.13. The third-order valence-electron chi connectivity index (χ3n) is 6.31. The summed E-state index contributed by atoms with van der Waals surface area (Å²) in [6, 6.07) is 7.17. The summed E-state index contributed by atoms with van der Waals surface area (Å²) in [4.78, 5) is 43.2. The first-order chi connectivity index (χ1) is 14.3. The van der Waals surface area contributed by atoms with E-state index in [0.717, 1.165) is 31.3 Å². The van der Waals surface area contributed by atoms with Crippen molar-refractivity contribution in [3.63, 3.8) is 0 Å². The summed E-state index contributed by atoms with van der Waals surface area (Å²) >= 11 is 0. The summed E-state index contributed by atoms with van der Waals surface area (Å²) in [5.41, 5.74) is 0.357. The number of benzene rings is 1. The molecule has 3 amide bonds. The number of likely N-dealkylation sites (N-methyl/N-ethyl adjacent to an activating group) is 1. The highest BCUT2D eigenvalue weighted by atomic mass is 16.5. The Kier molecular flexibility index (Phi) is 6.64. The van der Waals surface area contributed by atoms with Gasteiger partial charge in [-0.3, -0.25) is 19.3 Å². The second-order valence-corrected chi connectivity index (χ2v) is 8.54. The van der Waals surface area contributed by atoms with Crippen molar-refractivity contribution in [2.75, 3.05) is 20.2 Å². The number of likely N-dealkylation sites (tertiary alicyclic amines) is 1. The Hall–Kier alpha value is -2.63. The minimum Gasteiger partial charge on any atom is -0.497 e. The molecule has 1 atom stereocenters. The Morgan fingerprint density at radius 1 is 1.30 bits per heavy atom. The van der Waals surface area contributed by atoms with Crippen molar-refractivity contribution in [1.29, 1.82) is 0 Å². The van der Waals surface area contributed by atoms with Gasteiger partial charge in [0, 0.05) is 32.0 Å². The maximum absolute atomic E-state index is 13.8. The SMILES string of the molecule is C=C(C)CN(CC)C(=O)C[C@@]1(c2cccc(OC)c2)CC(=O)N(C2CCCC2)C1=O. The number of methoxy groups -OCH3 is 1. The fourth-order valence-corrected chi connectivity index (χ4v) is 4.75. The van der Waals surface area contributed by atoms with Crippen LogP contribution in [0.5, 0.6) is 5.75 Å². The van der Waals surface area contributed by atoms with E-state index in [9.17, 15) is 14.4 Å². The largest absolute Gasteiger partial charge is 0.497 e. The van der Waals surface area contributed by atoms with Crippen LogP contribution < -0.4 is 4.74 Å². The first-order valence-electron chi connectivity index (χ1n) is 10.8. The molecule has 1 aromatic carbocycles. The molecular weight excluding hydrogens is 380 g/mol. The molecule has 0 N–H and O–H groups in total. The Balaban J connectivity index is 2.01. The number of ether oxygens (including phenoxy) is 1. The average Bonchev–Trinajstić information content (AvgIpc) is 3.32. The molecule has 1 aromatic rings. The number of amides is 3. The van der Waals surface area contributed by atoms with E-state index in [2.05, 4.69) is 6.58 Å². The lowest BCUT2D eigenvalue weighted by atomic mass is 9.75. The van der Waals surface area contributed by atoms with Gasteiger partial charge in [-0.2, -0.15) is 0 Å². The zero-order chi connectivity index (χ0) is 21.9. The summed E-state index contributed by atoms with van der Waals surface area (Å²) < 4.78 is 5.36. The number of carbonyl (C=O) groups excluding carboxylic acids is 3. The van der Waals surface area contributed by atoms with Crippen molar-refractivity contribution < 1.29 is 19.1 Å². The Bertz CT molecular complexity index is 843. The lowest BCUT2D eigenvalue weighted by Crippen LogP contribution is -2.46. The fourth-order valence-electron chi connectivity index (χ4n) is 4.75. The molecule has 6 heteroatoms. The molecular formula is C24H32N2O4. The van der Waals surface area contributed by atoms with Gasteiger partial charge in [-0.25, -0.2) is 0 Å². The Morgan fingerprint density at radius 3 is 2.60 bits per heavy atom. The summed E-state index contributed by atoms with van der Waals surface area (Å²) in [7, 11) is 1.56. The zero-order valence-electron chi connectivity index (χ0n) is 18.3. The lowest BCUT2D eigenvalue weighted by molar-refractivity contribution is -0.144. The third-order valence-corrected chi connectivity index (χ3v) is 6.31. The van der Waals surface area contributed by atoms with Crippen LogP contribution in [-0.4, -0.2) is 53.8 Å². The van der Waals surface area contributed by atoms with Crippen molar-refractivity contribution in [2.45, 2.75) is 63.8 Å². The van der Waals surface area contributed by atoms with Crippen LogP contribution in [0.1, 0.15) is 57.9 Å². The maximum atomic E-state index is 13.8. The highest BCUT2D eigenvalue weighted by Crippen LogP contribution is 2.43. The van der Waals surface area contributed by atoms with E-state index >= 15 is 0 Å². The molecule has 1 aliphatic heterocycles. The van der Waals surface area contributed by atoms with Gasteiger partial charge in [0.05, 0.1) is 12.5 Å². The van der Waals surface area contributed by atoms with E-state index in [1.165, 1.54) is 4.90 Å². The number of hydrogen-bond acceptors (Lipinski definition) is 4. The smallest absolute Gasteiger partial charge is 0.241 e. The summed E-state index contributed by atoms with van der Waals surface area (Å²) in [6.07, 6.45) is 3.72.